The molecule has 0 spiro atoms. The van der Waals surface area contributed by atoms with Gasteiger partial charge in [-0.25, -0.2) is 0 Å². The van der Waals surface area contributed by atoms with Gasteiger partial charge in [0.25, 0.3) is 0 Å². The van der Waals surface area contributed by atoms with E-state index in [4.69, 9.17) is 5.73 Å². The molecule has 0 bridgehead atoms. The summed E-state index contributed by atoms with van der Waals surface area (Å²) in [7, 11) is 0. The first kappa shape index (κ1) is 14.1. The molecule has 106 valence electrons. The van der Waals surface area contributed by atoms with Gasteiger partial charge < -0.3 is 5.73 Å². The van der Waals surface area contributed by atoms with Crippen LogP contribution in [0.15, 0.2) is 0 Å². The molecule has 0 aromatic heterocycles. The SMILES string of the molecule is CC1(C)CCCC(N(CC(F)(F)F)C2CC2)C1N. The number of hydrogen-bond donors (Lipinski definition) is 1. The molecule has 18 heavy (non-hydrogen) atoms. The monoisotopic (exact) mass is 264 g/mol. The zero-order valence-electron chi connectivity index (χ0n) is 11.1. The van der Waals surface area contributed by atoms with Crippen LogP contribution in [0.2, 0.25) is 0 Å². The minimum Gasteiger partial charge on any atom is -0.326 e. The lowest BCUT2D eigenvalue weighted by Crippen LogP contribution is -2.59. The molecule has 0 heterocycles. The van der Waals surface area contributed by atoms with Gasteiger partial charge in [-0.05, 0) is 31.1 Å². The van der Waals surface area contributed by atoms with Crippen molar-refractivity contribution in [3.8, 4) is 0 Å². The molecule has 0 aliphatic heterocycles. The molecule has 2 rings (SSSR count). The molecule has 0 saturated heterocycles. The molecule has 2 nitrogen and oxygen atoms in total. The summed E-state index contributed by atoms with van der Waals surface area (Å²) in [6, 6.07) is -0.159. The van der Waals surface area contributed by atoms with Crippen LogP contribution < -0.4 is 5.73 Å². The maximum absolute atomic E-state index is 12.7. The average molecular weight is 264 g/mol. The van der Waals surface area contributed by atoms with E-state index in [0.717, 1.165) is 32.1 Å². The maximum atomic E-state index is 12.7. The van der Waals surface area contributed by atoms with E-state index >= 15 is 0 Å². The minimum absolute atomic E-state index is 0.0539. The van der Waals surface area contributed by atoms with Crippen molar-refractivity contribution in [2.45, 2.75) is 70.3 Å². The maximum Gasteiger partial charge on any atom is 0.401 e. The van der Waals surface area contributed by atoms with E-state index in [0.29, 0.717) is 0 Å². The topological polar surface area (TPSA) is 29.3 Å². The molecule has 5 heteroatoms. The molecule has 2 unspecified atom stereocenters. The summed E-state index contributed by atoms with van der Waals surface area (Å²) in [5.41, 5.74) is 6.18. The van der Waals surface area contributed by atoms with E-state index < -0.39 is 12.7 Å². The van der Waals surface area contributed by atoms with Crippen LogP contribution in [0.1, 0.15) is 46.0 Å². The van der Waals surface area contributed by atoms with Gasteiger partial charge in [0.2, 0.25) is 0 Å². The van der Waals surface area contributed by atoms with Crippen LogP contribution in [0.4, 0.5) is 13.2 Å². The number of halogens is 3. The highest BCUT2D eigenvalue weighted by molar-refractivity contribution is 5.00. The molecule has 2 fully saturated rings. The quantitative estimate of drug-likeness (QED) is 0.849. The van der Waals surface area contributed by atoms with Crippen LogP contribution in [0.3, 0.4) is 0 Å². The summed E-state index contributed by atoms with van der Waals surface area (Å²) >= 11 is 0. The molecular formula is C13H23F3N2. The third-order valence-corrected chi connectivity index (χ3v) is 4.44. The van der Waals surface area contributed by atoms with Crippen molar-refractivity contribution in [3.63, 3.8) is 0 Å². The molecule has 0 aromatic carbocycles. The normalized spacial score (nSPS) is 32.8. The third-order valence-electron chi connectivity index (χ3n) is 4.44. The predicted molar refractivity (Wildman–Crippen MR) is 65.2 cm³/mol. The van der Waals surface area contributed by atoms with Gasteiger partial charge in [0.1, 0.15) is 0 Å². The number of hydrogen-bond acceptors (Lipinski definition) is 2. The summed E-state index contributed by atoms with van der Waals surface area (Å²) in [6.07, 6.45) is 0.447. The second-order valence-corrected chi connectivity index (χ2v) is 6.49. The Morgan fingerprint density at radius 3 is 2.33 bits per heavy atom. The van der Waals surface area contributed by atoms with Gasteiger partial charge in [0.05, 0.1) is 6.54 Å². The number of alkyl halides is 3. The Morgan fingerprint density at radius 2 is 1.83 bits per heavy atom. The molecule has 0 aromatic rings. The Bertz CT molecular complexity index is 297. The highest BCUT2D eigenvalue weighted by atomic mass is 19.4. The van der Waals surface area contributed by atoms with Crippen molar-refractivity contribution < 1.29 is 13.2 Å². The van der Waals surface area contributed by atoms with E-state index in [1.807, 2.05) is 0 Å². The summed E-state index contributed by atoms with van der Waals surface area (Å²) in [4.78, 5) is 1.63. The van der Waals surface area contributed by atoms with E-state index in [2.05, 4.69) is 13.8 Å². The highest BCUT2D eigenvalue weighted by Gasteiger charge is 2.46. The molecule has 2 saturated carbocycles. The van der Waals surface area contributed by atoms with E-state index in [9.17, 15) is 13.2 Å². The van der Waals surface area contributed by atoms with Gasteiger partial charge in [0.15, 0.2) is 0 Å². The van der Waals surface area contributed by atoms with Gasteiger partial charge in [-0.1, -0.05) is 20.3 Å². The second-order valence-electron chi connectivity index (χ2n) is 6.49. The van der Waals surface area contributed by atoms with Crippen molar-refractivity contribution in [1.29, 1.82) is 0 Å². The molecule has 2 aliphatic rings. The first-order valence-corrected chi connectivity index (χ1v) is 6.79. The van der Waals surface area contributed by atoms with Crippen LogP contribution in [0, 0.1) is 5.41 Å². The fourth-order valence-corrected chi connectivity index (χ4v) is 3.14. The smallest absolute Gasteiger partial charge is 0.326 e. The zero-order valence-corrected chi connectivity index (χ0v) is 11.1. The van der Waals surface area contributed by atoms with Crippen molar-refractivity contribution in [2.75, 3.05) is 6.54 Å². The van der Waals surface area contributed by atoms with Crippen LogP contribution in [0.5, 0.6) is 0 Å². The summed E-state index contributed by atoms with van der Waals surface area (Å²) in [5.74, 6) is 0. The lowest BCUT2D eigenvalue weighted by Gasteiger charge is -2.47. The third kappa shape index (κ3) is 3.18. The van der Waals surface area contributed by atoms with Gasteiger partial charge in [-0.3, -0.25) is 4.90 Å². The van der Waals surface area contributed by atoms with E-state index in [-0.39, 0.29) is 23.5 Å². The highest BCUT2D eigenvalue weighted by Crippen LogP contribution is 2.41. The van der Waals surface area contributed by atoms with Crippen LogP contribution in [0.25, 0.3) is 0 Å². The first-order chi connectivity index (χ1) is 8.21. The Labute approximate surface area is 107 Å². The molecule has 2 N–H and O–H groups in total. The second kappa shape index (κ2) is 4.67. The van der Waals surface area contributed by atoms with Crippen molar-refractivity contribution in [3.05, 3.63) is 0 Å². The Morgan fingerprint density at radius 1 is 1.22 bits per heavy atom. The number of nitrogens with zero attached hydrogens (tertiary/aromatic N) is 1. The lowest BCUT2D eigenvalue weighted by molar-refractivity contribution is -0.156. The fourth-order valence-electron chi connectivity index (χ4n) is 3.14. The molecular weight excluding hydrogens is 241 g/mol. The van der Waals surface area contributed by atoms with Gasteiger partial charge in [0, 0.05) is 18.1 Å². The summed E-state index contributed by atoms with van der Waals surface area (Å²) in [5, 5.41) is 0. The standard InChI is InChI=1S/C13H23F3N2/c1-12(2)7-3-4-10(11(12)17)18(9-5-6-9)8-13(14,15)16/h9-11H,3-8,17H2,1-2H3. The van der Waals surface area contributed by atoms with Crippen molar-refractivity contribution in [1.82, 2.24) is 4.90 Å². The van der Waals surface area contributed by atoms with Crippen molar-refractivity contribution >= 4 is 0 Å². The minimum atomic E-state index is -4.12. The van der Waals surface area contributed by atoms with Crippen LogP contribution in [-0.4, -0.2) is 35.7 Å². The van der Waals surface area contributed by atoms with Crippen LogP contribution >= 0.6 is 0 Å². The zero-order chi connectivity index (χ0) is 13.6. The van der Waals surface area contributed by atoms with Gasteiger partial charge in [-0.2, -0.15) is 13.2 Å². The van der Waals surface area contributed by atoms with E-state index in [1.165, 1.54) is 0 Å². The largest absolute Gasteiger partial charge is 0.401 e. The first-order valence-electron chi connectivity index (χ1n) is 6.79. The molecule has 2 aliphatic carbocycles. The molecule has 2 atom stereocenters. The Balaban J connectivity index is 2.10. The van der Waals surface area contributed by atoms with Gasteiger partial charge >= 0.3 is 6.18 Å². The van der Waals surface area contributed by atoms with Crippen molar-refractivity contribution in [2.24, 2.45) is 11.1 Å². The fraction of sp³-hybridized carbons (Fsp3) is 1.00. The predicted octanol–water partition coefficient (Wildman–Crippen LogP) is 2.92. The van der Waals surface area contributed by atoms with Gasteiger partial charge in [-0.15, -0.1) is 0 Å². The number of rotatable bonds is 3. The Hall–Kier alpha value is -0.290. The lowest BCUT2D eigenvalue weighted by atomic mass is 9.70. The van der Waals surface area contributed by atoms with Crippen LogP contribution in [-0.2, 0) is 0 Å². The Kier molecular flexibility index (Phi) is 3.67. The number of nitrogens with two attached hydrogens (primary N) is 1. The summed E-state index contributed by atoms with van der Waals surface area (Å²) < 4.78 is 38.1. The molecule has 0 amide bonds. The summed E-state index contributed by atoms with van der Waals surface area (Å²) in [6.45, 7) is 3.34. The van der Waals surface area contributed by atoms with E-state index in [1.54, 1.807) is 4.90 Å². The molecule has 0 radical (unpaired) electrons. The average Bonchev–Trinajstić information content (AvgIpc) is 3.01.